The third kappa shape index (κ3) is 4.70. The summed E-state index contributed by atoms with van der Waals surface area (Å²) in [5.41, 5.74) is 2.04. The number of carbonyl (C=O) groups excluding carboxylic acids is 1. The van der Waals surface area contributed by atoms with Crippen LogP contribution in [0.25, 0.3) is 0 Å². The molecule has 29 heavy (non-hydrogen) atoms. The Kier molecular flexibility index (Phi) is 6.09. The van der Waals surface area contributed by atoms with Gasteiger partial charge in [0, 0.05) is 23.5 Å². The van der Waals surface area contributed by atoms with E-state index in [1.54, 1.807) is 79.8 Å². The molecule has 0 aliphatic carbocycles. The zero-order valence-corrected chi connectivity index (χ0v) is 16.1. The van der Waals surface area contributed by atoms with E-state index in [4.69, 9.17) is 9.47 Å². The first-order chi connectivity index (χ1) is 14.0. The summed E-state index contributed by atoms with van der Waals surface area (Å²) in [4.78, 5) is 25.1. The van der Waals surface area contributed by atoms with Gasteiger partial charge in [-0.15, -0.1) is 0 Å². The van der Waals surface area contributed by atoms with Gasteiger partial charge in [0.25, 0.3) is 5.69 Å². The van der Waals surface area contributed by atoms with Gasteiger partial charge < -0.3 is 9.47 Å². The molecule has 0 aliphatic heterocycles. The van der Waals surface area contributed by atoms with Crippen molar-refractivity contribution in [1.29, 1.82) is 0 Å². The smallest absolute Gasteiger partial charge is 0.269 e. The molecule has 0 aliphatic rings. The highest BCUT2D eigenvalue weighted by Crippen LogP contribution is 2.29. The first-order valence-corrected chi connectivity index (χ1v) is 8.86. The van der Waals surface area contributed by atoms with Gasteiger partial charge in [-0.25, -0.2) is 0 Å². The van der Waals surface area contributed by atoms with Gasteiger partial charge in [-0.05, 0) is 54.1 Å². The lowest BCUT2D eigenvalue weighted by Gasteiger charge is -2.23. The molecule has 7 nitrogen and oxygen atoms in total. The van der Waals surface area contributed by atoms with Gasteiger partial charge in [-0.3, -0.25) is 19.8 Å². The second-order valence-electron chi connectivity index (χ2n) is 6.23. The number of nitro groups is 1. The highest BCUT2D eigenvalue weighted by atomic mass is 16.6. The first kappa shape index (κ1) is 19.9. The van der Waals surface area contributed by atoms with Gasteiger partial charge in [0.15, 0.2) is 0 Å². The lowest BCUT2D eigenvalue weighted by molar-refractivity contribution is -0.384. The maximum atomic E-state index is 13.2. The van der Waals surface area contributed by atoms with Gasteiger partial charge in [0.1, 0.15) is 11.5 Å². The van der Waals surface area contributed by atoms with Crippen LogP contribution in [-0.4, -0.2) is 25.1 Å². The van der Waals surface area contributed by atoms with Crippen molar-refractivity contribution in [3.63, 3.8) is 0 Å². The van der Waals surface area contributed by atoms with E-state index >= 15 is 0 Å². The van der Waals surface area contributed by atoms with Crippen LogP contribution in [-0.2, 0) is 11.2 Å². The predicted molar refractivity (Wildman–Crippen MR) is 110 cm³/mol. The monoisotopic (exact) mass is 392 g/mol. The minimum atomic E-state index is -0.466. The lowest BCUT2D eigenvalue weighted by Crippen LogP contribution is -2.27. The summed E-state index contributed by atoms with van der Waals surface area (Å²) in [5, 5.41) is 10.8. The van der Waals surface area contributed by atoms with Crippen molar-refractivity contribution in [2.24, 2.45) is 0 Å². The Morgan fingerprint density at radius 3 is 1.66 bits per heavy atom. The van der Waals surface area contributed by atoms with Crippen molar-refractivity contribution >= 4 is 23.0 Å². The molecule has 0 unspecified atom stereocenters. The summed E-state index contributed by atoms with van der Waals surface area (Å²) in [6, 6.07) is 20.3. The summed E-state index contributed by atoms with van der Waals surface area (Å²) in [6.45, 7) is 0. The number of non-ortho nitro benzene ring substituents is 1. The van der Waals surface area contributed by atoms with Crippen LogP contribution in [0.5, 0.6) is 11.5 Å². The van der Waals surface area contributed by atoms with Crippen LogP contribution in [0.1, 0.15) is 5.56 Å². The maximum Gasteiger partial charge on any atom is 0.269 e. The van der Waals surface area contributed by atoms with Crippen LogP contribution in [0, 0.1) is 10.1 Å². The van der Waals surface area contributed by atoms with Gasteiger partial charge in [0.05, 0.1) is 25.6 Å². The topological polar surface area (TPSA) is 81.9 Å². The summed E-state index contributed by atoms with van der Waals surface area (Å²) in [7, 11) is 3.16. The number of methoxy groups -OCH3 is 2. The molecule has 148 valence electrons. The SMILES string of the molecule is COc1ccc(N(C(=O)Cc2ccc([N+](=O)[O-])cc2)c2ccc(OC)cc2)cc1. The van der Waals surface area contributed by atoms with Crippen molar-refractivity contribution < 1.29 is 19.2 Å². The average molecular weight is 392 g/mol. The minimum absolute atomic E-state index is 0.0108. The molecule has 0 N–H and O–H groups in total. The van der Waals surface area contributed by atoms with E-state index in [2.05, 4.69) is 0 Å². The predicted octanol–water partition coefficient (Wildman–Crippen LogP) is 4.52. The van der Waals surface area contributed by atoms with E-state index in [1.807, 2.05) is 0 Å². The average Bonchev–Trinajstić information content (AvgIpc) is 2.75. The molecular formula is C22H20N2O5. The molecule has 1 amide bonds. The second-order valence-corrected chi connectivity index (χ2v) is 6.23. The van der Waals surface area contributed by atoms with E-state index in [-0.39, 0.29) is 18.0 Å². The van der Waals surface area contributed by atoms with Crippen molar-refractivity contribution in [3.8, 4) is 11.5 Å². The van der Waals surface area contributed by atoms with Crippen LogP contribution in [0.4, 0.5) is 17.1 Å². The third-order valence-electron chi connectivity index (χ3n) is 4.41. The van der Waals surface area contributed by atoms with E-state index in [9.17, 15) is 14.9 Å². The van der Waals surface area contributed by atoms with Crippen molar-refractivity contribution in [2.45, 2.75) is 6.42 Å². The molecule has 0 spiro atoms. The Labute approximate surface area is 168 Å². The van der Waals surface area contributed by atoms with Gasteiger partial charge >= 0.3 is 0 Å². The number of nitrogens with zero attached hydrogens (tertiary/aromatic N) is 2. The molecule has 3 aromatic carbocycles. The van der Waals surface area contributed by atoms with Crippen LogP contribution < -0.4 is 14.4 Å². The van der Waals surface area contributed by atoms with E-state index < -0.39 is 4.92 Å². The van der Waals surface area contributed by atoms with Gasteiger partial charge in [-0.1, -0.05) is 12.1 Å². The summed E-state index contributed by atoms with van der Waals surface area (Å²) in [5.74, 6) is 1.20. The minimum Gasteiger partial charge on any atom is -0.497 e. The molecule has 7 heteroatoms. The molecule has 0 atom stereocenters. The normalized spacial score (nSPS) is 10.3. The van der Waals surface area contributed by atoms with Crippen molar-refractivity contribution in [2.75, 3.05) is 19.1 Å². The molecule has 0 radical (unpaired) electrons. The fourth-order valence-electron chi connectivity index (χ4n) is 2.89. The van der Waals surface area contributed by atoms with E-state index in [1.165, 1.54) is 12.1 Å². The largest absolute Gasteiger partial charge is 0.497 e. The molecule has 3 aromatic rings. The van der Waals surface area contributed by atoms with Gasteiger partial charge in [0.2, 0.25) is 5.91 Å². The van der Waals surface area contributed by atoms with Gasteiger partial charge in [-0.2, -0.15) is 0 Å². The summed E-state index contributed by atoms with van der Waals surface area (Å²) in [6.07, 6.45) is 0.0933. The molecule has 0 heterocycles. The maximum absolute atomic E-state index is 13.2. The van der Waals surface area contributed by atoms with Crippen molar-refractivity contribution in [3.05, 3.63) is 88.5 Å². The first-order valence-electron chi connectivity index (χ1n) is 8.86. The van der Waals surface area contributed by atoms with Crippen molar-refractivity contribution in [1.82, 2.24) is 0 Å². The molecule has 0 aromatic heterocycles. The number of hydrogen-bond acceptors (Lipinski definition) is 5. The van der Waals surface area contributed by atoms with E-state index in [0.717, 1.165) is 0 Å². The zero-order chi connectivity index (χ0) is 20.8. The quantitative estimate of drug-likeness (QED) is 0.436. The fraction of sp³-hybridized carbons (Fsp3) is 0.136. The van der Waals surface area contributed by atoms with Crippen LogP contribution in [0.15, 0.2) is 72.8 Å². The summed E-state index contributed by atoms with van der Waals surface area (Å²) >= 11 is 0. The molecule has 0 bridgehead atoms. The Balaban J connectivity index is 1.91. The number of carbonyl (C=O) groups is 1. The Hall–Kier alpha value is -3.87. The molecule has 3 rings (SSSR count). The second kappa shape index (κ2) is 8.88. The molecular weight excluding hydrogens is 372 g/mol. The van der Waals surface area contributed by atoms with Crippen LogP contribution in [0.2, 0.25) is 0 Å². The number of benzene rings is 3. The number of rotatable bonds is 7. The number of anilines is 2. The third-order valence-corrected chi connectivity index (χ3v) is 4.41. The molecule has 0 fully saturated rings. The standard InChI is InChI=1S/C22H20N2O5/c1-28-20-11-7-17(8-12-20)23(18-9-13-21(29-2)14-10-18)22(25)15-16-3-5-19(6-4-16)24(26)27/h3-14H,15H2,1-2H3. The Morgan fingerprint density at radius 1 is 0.828 bits per heavy atom. The highest BCUT2D eigenvalue weighted by Gasteiger charge is 2.19. The van der Waals surface area contributed by atoms with Crippen LogP contribution >= 0.6 is 0 Å². The lowest BCUT2D eigenvalue weighted by atomic mass is 10.1. The Morgan fingerprint density at radius 2 is 1.28 bits per heavy atom. The molecule has 0 saturated carbocycles. The molecule has 0 saturated heterocycles. The number of ether oxygens (including phenoxy) is 2. The number of amides is 1. The van der Waals surface area contributed by atoms with E-state index in [0.29, 0.717) is 28.4 Å². The fourth-order valence-corrected chi connectivity index (χ4v) is 2.89. The summed E-state index contributed by atoms with van der Waals surface area (Å²) < 4.78 is 10.4. The zero-order valence-electron chi connectivity index (χ0n) is 16.1. The highest BCUT2D eigenvalue weighted by molar-refractivity contribution is 6.01. The van der Waals surface area contributed by atoms with Crippen LogP contribution in [0.3, 0.4) is 0 Å². The Bertz CT molecular complexity index is 936. The number of hydrogen-bond donors (Lipinski definition) is 0. The number of nitro benzene ring substituents is 1.